The number of rotatable bonds is 4. The third-order valence-electron chi connectivity index (χ3n) is 2.80. The monoisotopic (exact) mass is 280 g/mol. The van der Waals surface area contributed by atoms with Gasteiger partial charge < -0.3 is 5.32 Å². The number of halogens is 2. The molecular weight excluding hydrogens is 267 g/mol. The maximum Gasteiger partial charge on any atom is 0.0465 e. The molecule has 1 N–H and O–H groups in total. The first-order valence-electron chi connectivity index (χ1n) is 5.74. The average Bonchev–Trinajstić information content (AvgIpc) is 2.38. The highest BCUT2D eigenvalue weighted by atomic mass is 35.5. The van der Waals surface area contributed by atoms with Gasteiger partial charge in [0, 0.05) is 35.0 Å². The molecule has 0 amide bonds. The van der Waals surface area contributed by atoms with E-state index in [0.717, 1.165) is 11.1 Å². The lowest BCUT2D eigenvalue weighted by Gasteiger charge is -2.14. The summed E-state index contributed by atoms with van der Waals surface area (Å²) >= 11 is 12.0. The molecule has 1 aromatic carbocycles. The number of benzene rings is 1. The van der Waals surface area contributed by atoms with Gasteiger partial charge in [-0.2, -0.15) is 0 Å². The van der Waals surface area contributed by atoms with Crippen molar-refractivity contribution < 1.29 is 0 Å². The molecule has 2 rings (SSSR count). The second kappa shape index (κ2) is 6.19. The molecule has 0 aliphatic heterocycles. The van der Waals surface area contributed by atoms with E-state index in [1.807, 2.05) is 30.5 Å². The Morgan fingerprint density at radius 2 is 2.11 bits per heavy atom. The van der Waals surface area contributed by atoms with Gasteiger partial charge in [0.05, 0.1) is 0 Å². The molecule has 0 saturated carbocycles. The van der Waals surface area contributed by atoms with Crippen molar-refractivity contribution in [3.8, 4) is 0 Å². The van der Waals surface area contributed by atoms with Gasteiger partial charge in [-0.15, -0.1) is 0 Å². The van der Waals surface area contributed by atoms with Gasteiger partial charge in [0.2, 0.25) is 0 Å². The molecule has 1 heterocycles. The predicted molar refractivity (Wildman–Crippen MR) is 76.0 cm³/mol. The van der Waals surface area contributed by atoms with Crippen molar-refractivity contribution in [2.24, 2.45) is 0 Å². The number of nitrogens with zero attached hydrogens (tertiary/aromatic N) is 1. The summed E-state index contributed by atoms with van der Waals surface area (Å²) in [6, 6.07) is 9.75. The van der Waals surface area contributed by atoms with Crippen LogP contribution in [-0.4, -0.2) is 4.98 Å². The van der Waals surface area contributed by atoms with Crippen LogP contribution in [0.25, 0.3) is 0 Å². The van der Waals surface area contributed by atoms with Crippen LogP contribution in [0.2, 0.25) is 10.0 Å². The first-order chi connectivity index (χ1) is 8.66. The van der Waals surface area contributed by atoms with E-state index in [1.165, 1.54) is 0 Å². The molecule has 18 heavy (non-hydrogen) atoms. The summed E-state index contributed by atoms with van der Waals surface area (Å²) in [6.07, 6.45) is 3.63. The van der Waals surface area contributed by atoms with Gasteiger partial charge in [0.15, 0.2) is 0 Å². The topological polar surface area (TPSA) is 24.9 Å². The lowest BCUT2D eigenvalue weighted by atomic mass is 10.1. The van der Waals surface area contributed by atoms with Gasteiger partial charge in [-0.1, -0.05) is 35.3 Å². The van der Waals surface area contributed by atoms with Crippen molar-refractivity contribution in [3.63, 3.8) is 0 Å². The lowest BCUT2D eigenvalue weighted by molar-refractivity contribution is 0.573. The van der Waals surface area contributed by atoms with E-state index < -0.39 is 0 Å². The summed E-state index contributed by atoms with van der Waals surface area (Å²) in [6.45, 7) is 2.80. The largest absolute Gasteiger partial charge is 0.306 e. The highest BCUT2D eigenvalue weighted by Crippen LogP contribution is 2.21. The Balaban J connectivity index is 1.99. The molecule has 0 spiro atoms. The van der Waals surface area contributed by atoms with Gasteiger partial charge in [-0.3, -0.25) is 4.98 Å². The molecule has 0 aliphatic rings. The molecule has 0 fully saturated rings. The van der Waals surface area contributed by atoms with E-state index in [1.54, 1.807) is 12.3 Å². The number of hydrogen-bond donors (Lipinski definition) is 1. The molecule has 0 unspecified atom stereocenters. The fourth-order valence-electron chi connectivity index (χ4n) is 1.68. The quantitative estimate of drug-likeness (QED) is 0.906. The second-order valence-electron chi connectivity index (χ2n) is 4.12. The molecule has 1 aromatic heterocycles. The van der Waals surface area contributed by atoms with Crippen LogP contribution < -0.4 is 5.32 Å². The van der Waals surface area contributed by atoms with E-state index >= 15 is 0 Å². The smallest absolute Gasteiger partial charge is 0.0465 e. The van der Waals surface area contributed by atoms with Crippen LogP contribution in [0.5, 0.6) is 0 Å². The van der Waals surface area contributed by atoms with Crippen molar-refractivity contribution in [2.45, 2.75) is 19.5 Å². The first-order valence-corrected chi connectivity index (χ1v) is 6.49. The van der Waals surface area contributed by atoms with Crippen molar-refractivity contribution in [1.29, 1.82) is 0 Å². The number of pyridine rings is 1. The van der Waals surface area contributed by atoms with Crippen LogP contribution in [-0.2, 0) is 6.54 Å². The third-order valence-corrected chi connectivity index (χ3v) is 3.39. The fraction of sp³-hybridized carbons (Fsp3) is 0.214. The maximum absolute atomic E-state index is 6.12. The normalized spacial score (nSPS) is 12.4. The van der Waals surface area contributed by atoms with Gasteiger partial charge >= 0.3 is 0 Å². The molecule has 0 aliphatic carbocycles. The third kappa shape index (κ3) is 3.45. The zero-order valence-corrected chi connectivity index (χ0v) is 11.5. The number of nitrogens with one attached hydrogen (secondary N) is 1. The van der Waals surface area contributed by atoms with Crippen LogP contribution in [0.15, 0.2) is 42.7 Å². The predicted octanol–water partition coefficient (Wildman–Crippen LogP) is 4.24. The van der Waals surface area contributed by atoms with Crippen LogP contribution in [0.4, 0.5) is 0 Å². The summed E-state index contributed by atoms with van der Waals surface area (Å²) in [5.41, 5.74) is 2.19. The summed E-state index contributed by atoms with van der Waals surface area (Å²) in [7, 11) is 0. The van der Waals surface area contributed by atoms with Crippen LogP contribution in [0, 0.1) is 0 Å². The van der Waals surface area contributed by atoms with Gasteiger partial charge in [-0.05, 0) is 36.2 Å². The van der Waals surface area contributed by atoms with Gasteiger partial charge in [-0.25, -0.2) is 0 Å². The molecule has 2 nitrogen and oxygen atoms in total. The van der Waals surface area contributed by atoms with Crippen molar-refractivity contribution >= 4 is 23.2 Å². The van der Waals surface area contributed by atoms with Crippen LogP contribution in [0.1, 0.15) is 24.1 Å². The van der Waals surface area contributed by atoms with Gasteiger partial charge in [0.1, 0.15) is 0 Å². The second-order valence-corrected chi connectivity index (χ2v) is 4.97. The lowest BCUT2D eigenvalue weighted by Crippen LogP contribution is -2.18. The van der Waals surface area contributed by atoms with E-state index in [9.17, 15) is 0 Å². The van der Waals surface area contributed by atoms with Crippen LogP contribution in [0.3, 0.4) is 0 Å². The molecule has 0 radical (unpaired) electrons. The average molecular weight is 281 g/mol. The summed E-state index contributed by atoms with van der Waals surface area (Å²) in [5.74, 6) is 0. The van der Waals surface area contributed by atoms with Crippen molar-refractivity contribution in [2.75, 3.05) is 0 Å². The minimum absolute atomic E-state index is 0.227. The molecule has 94 valence electrons. The highest BCUT2D eigenvalue weighted by Gasteiger charge is 2.06. The minimum atomic E-state index is 0.227. The van der Waals surface area contributed by atoms with E-state index in [-0.39, 0.29) is 6.04 Å². The Morgan fingerprint density at radius 3 is 2.78 bits per heavy atom. The Bertz CT molecular complexity index is 514. The SMILES string of the molecule is C[C@@H](NCc1ccc(Cl)cc1Cl)c1cccnc1. The summed E-state index contributed by atoms with van der Waals surface area (Å²) in [4.78, 5) is 4.11. The minimum Gasteiger partial charge on any atom is -0.306 e. The van der Waals surface area contributed by atoms with Crippen molar-refractivity contribution in [1.82, 2.24) is 10.3 Å². The molecule has 2 aromatic rings. The molecule has 4 heteroatoms. The fourth-order valence-corrected chi connectivity index (χ4v) is 2.15. The Labute approximate surface area is 117 Å². The van der Waals surface area contributed by atoms with E-state index in [4.69, 9.17) is 23.2 Å². The molecule has 1 atom stereocenters. The van der Waals surface area contributed by atoms with Gasteiger partial charge in [0.25, 0.3) is 0 Å². The number of hydrogen-bond acceptors (Lipinski definition) is 2. The molecule has 0 saturated heterocycles. The standard InChI is InChI=1S/C14H14Cl2N2/c1-10(11-3-2-6-17-8-11)18-9-12-4-5-13(15)7-14(12)16/h2-8,10,18H,9H2,1H3/t10-/m1/s1. The zero-order valence-electron chi connectivity index (χ0n) is 10.0. The van der Waals surface area contributed by atoms with Crippen molar-refractivity contribution in [3.05, 3.63) is 63.9 Å². The zero-order chi connectivity index (χ0) is 13.0. The highest BCUT2D eigenvalue weighted by molar-refractivity contribution is 6.35. The molecular formula is C14H14Cl2N2. The Morgan fingerprint density at radius 1 is 1.28 bits per heavy atom. The summed E-state index contributed by atoms with van der Waals surface area (Å²) in [5, 5.41) is 4.75. The van der Waals surface area contributed by atoms with E-state index in [0.29, 0.717) is 16.6 Å². The number of aromatic nitrogens is 1. The molecule has 0 bridgehead atoms. The van der Waals surface area contributed by atoms with E-state index in [2.05, 4.69) is 17.2 Å². The first kappa shape index (κ1) is 13.3. The Kier molecular flexibility index (Phi) is 4.59. The maximum atomic E-state index is 6.12. The van der Waals surface area contributed by atoms with Crippen LogP contribution >= 0.6 is 23.2 Å². The Hall–Kier alpha value is -1.09. The summed E-state index contributed by atoms with van der Waals surface area (Å²) < 4.78 is 0.